The van der Waals surface area contributed by atoms with E-state index < -0.39 is 11.9 Å². The number of nitrogens with zero attached hydrogens (tertiary/aromatic N) is 2. The number of aliphatic carboxylic acids is 2. The van der Waals surface area contributed by atoms with Gasteiger partial charge in [0.1, 0.15) is 0 Å². The fraction of sp³-hybridized carbons (Fsp3) is 0.808. The molecule has 0 aliphatic rings. The molecule has 0 aromatic rings. The van der Waals surface area contributed by atoms with Crippen molar-refractivity contribution in [2.75, 3.05) is 39.3 Å². The largest absolute Gasteiger partial charge is 2.00 e. The van der Waals surface area contributed by atoms with Gasteiger partial charge in [-0.1, -0.05) is 155 Å². The molecule has 0 spiro atoms. The minimum atomic E-state index is -0.941. The first-order valence-corrected chi connectivity index (χ1v) is 24.6. The van der Waals surface area contributed by atoms with E-state index in [-0.39, 0.29) is 50.8 Å². The molecular weight excluding hydrogens is 757 g/mol. The number of carbonyl (C=O) groups excluding carboxylic acids is 2. The molecule has 6 nitrogen and oxygen atoms in total. The first-order valence-electron chi connectivity index (χ1n) is 24.6. The first-order chi connectivity index (χ1) is 28.1. The molecule has 7 heteroatoms. The van der Waals surface area contributed by atoms with Gasteiger partial charge in [0.2, 0.25) is 0 Å². The SMILES string of the molecule is CC/C=C/CCCCC(CC)CN(CC(=O)[O-])CC(CC)CCCC/C=C/CC.CC/C=C/CCCCC(CC)CN(CC(=O)[O-])CC(CC)CCCC/C=C/CC.[Ca+2]. The molecule has 0 amide bonds. The predicted octanol–water partition coefficient (Wildman–Crippen LogP) is 11.9. The molecule has 4 unspecified atom stereocenters. The zero-order valence-electron chi connectivity index (χ0n) is 40.4. The summed E-state index contributed by atoms with van der Waals surface area (Å²) in [6.45, 7) is 21.3. The normalized spacial score (nSPS) is 14.0. The predicted molar refractivity (Wildman–Crippen MR) is 255 cm³/mol. The molecule has 0 heterocycles. The number of carboxylic acids is 2. The van der Waals surface area contributed by atoms with E-state index >= 15 is 0 Å². The number of hydrogen-bond acceptors (Lipinski definition) is 6. The van der Waals surface area contributed by atoms with Crippen LogP contribution in [0.25, 0.3) is 0 Å². The van der Waals surface area contributed by atoms with Crippen LogP contribution in [-0.2, 0) is 9.59 Å². The van der Waals surface area contributed by atoms with Gasteiger partial charge in [0, 0.05) is 39.3 Å². The van der Waals surface area contributed by atoms with Crippen molar-refractivity contribution < 1.29 is 19.8 Å². The van der Waals surface area contributed by atoms with Gasteiger partial charge < -0.3 is 19.8 Å². The van der Waals surface area contributed by atoms with Gasteiger partial charge in [0.25, 0.3) is 0 Å². The zero-order chi connectivity index (χ0) is 43.5. The summed E-state index contributed by atoms with van der Waals surface area (Å²) in [6.07, 6.45) is 46.3. The third-order valence-corrected chi connectivity index (χ3v) is 11.6. The third kappa shape index (κ3) is 43.5. The monoisotopic (exact) mass is 853 g/mol. The number of carbonyl (C=O) groups is 2. The number of hydrogen-bond donors (Lipinski definition) is 0. The molecule has 0 aromatic carbocycles. The molecule has 0 bridgehead atoms. The first kappa shape index (κ1) is 62.4. The van der Waals surface area contributed by atoms with Crippen LogP contribution in [0, 0.1) is 23.7 Å². The van der Waals surface area contributed by atoms with Crippen molar-refractivity contribution in [1.29, 1.82) is 0 Å². The summed E-state index contributed by atoms with van der Waals surface area (Å²) in [6, 6.07) is 0. The fourth-order valence-corrected chi connectivity index (χ4v) is 7.85. The van der Waals surface area contributed by atoms with Gasteiger partial charge in [-0.3, -0.25) is 9.80 Å². The van der Waals surface area contributed by atoms with Crippen molar-refractivity contribution in [2.24, 2.45) is 23.7 Å². The maximum atomic E-state index is 11.3. The van der Waals surface area contributed by atoms with E-state index in [2.05, 4.69) is 114 Å². The van der Waals surface area contributed by atoms with Gasteiger partial charge in [-0.15, -0.1) is 0 Å². The van der Waals surface area contributed by atoms with Gasteiger partial charge in [0.15, 0.2) is 0 Å². The maximum absolute atomic E-state index is 11.3. The Labute approximate surface area is 397 Å². The molecule has 59 heavy (non-hydrogen) atoms. The van der Waals surface area contributed by atoms with Gasteiger partial charge in [-0.05, 0) is 126 Å². The van der Waals surface area contributed by atoms with E-state index in [4.69, 9.17) is 0 Å². The van der Waals surface area contributed by atoms with E-state index in [1.165, 1.54) is 103 Å². The molecule has 0 N–H and O–H groups in total. The second kappa shape index (κ2) is 48.1. The minimum Gasteiger partial charge on any atom is -0.549 e. The molecule has 0 radical (unpaired) electrons. The number of unbranched alkanes of at least 4 members (excludes halogenated alkanes) is 8. The van der Waals surface area contributed by atoms with Crippen molar-refractivity contribution >= 4 is 49.7 Å². The molecule has 340 valence electrons. The molecule has 4 atom stereocenters. The smallest absolute Gasteiger partial charge is 0.549 e. The molecule has 0 aromatic heterocycles. The number of carboxylic acid groups (broad SMARTS) is 2. The summed E-state index contributed by atoms with van der Waals surface area (Å²) < 4.78 is 0. The second-order valence-corrected chi connectivity index (χ2v) is 16.9. The Morgan fingerprint density at radius 2 is 0.610 bits per heavy atom. The summed E-state index contributed by atoms with van der Waals surface area (Å²) in [5.41, 5.74) is 0. The molecule has 0 saturated heterocycles. The quantitative estimate of drug-likeness (QED) is 0.0347. The van der Waals surface area contributed by atoms with Gasteiger partial charge in [-0.2, -0.15) is 0 Å². The average Bonchev–Trinajstić information content (AvgIpc) is 3.20. The van der Waals surface area contributed by atoms with Crippen molar-refractivity contribution in [2.45, 2.75) is 209 Å². The van der Waals surface area contributed by atoms with Crippen molar-refractivity contribution in [1.82, 2.24) is 9.80 Å². The fourth-order valence-electron chi connectivity index (χ4n) is 7.85. The Kier molecular flexibility index (Phi) is 50.9. The minimum absolute atomic E-state index is 0. The Morgan fingerprint density at radius 1 is 0.390 bits per heavy atom. The standard InChI is InChI=1S/2C26H49NO2.Ca/c2*1-5-9-11-13-15-17-19-24(7-3)21-27(23-26(28)29)22-25(8-4)20-18-16-14-12-10-6-2;/h2*9-12,24-25H,5-8,13-23H2,1-4H3,(H,28,29);/q;;+2/p-2/b2*11-9+,12-10+;. The summed E-state index contributed by atoms with van der Waals surface area (Å²) in [5, 5.41) is 22.6. The molecule has 0 aliphatic carbocycles. The van der Waals surface area contributed by atoms with Crippen LogP contribution in [0.15, 0.2) is 48.6 Å². The van der Waals surface area contributed by atoms with Gasteiger partial charge >= 0.3 is 37.7 Å². The van der Waals surface area contributed by atoms with E-state index in [1.54, 1.807) is 0 Å². The van der Waals surface area contributed by atoms with E-state index in [1.807, 2.05) is 0 Å². The Morgan fingerprint density at radius 3 is 0.780 bits per heavy atom. The Hall–Kier alpha value is -0.920. The maximum Gasteiger partial charge on any atom is 2.00 e. The molecule has 0 saturated carbocycles. The Bertz CT molecular complexity index is 884. The van der Waals surface area contributed by atoms with Crippen LogP contribution in [0.2, 0.25) is 0 Å². The van der Waals surface area contributed by atoms with Crippen LogP contribution in [-0.4, -0.2) is 98.7 Å². The van der Waals surface area contributed by atoms with Crippen molar-refractivity contribution in [3.05, 3.63) is 48.6 Å². The third-order valence-electron chi connectivity index (χ3n) is 11.6. The molecular formula is C52H96CaN2O4. The van der Waals surface area contributed by atoms with Gasteiger partial charge in [0.05, 0.1) is 11.9 Å². The average molecular weight is 853 g/mol. The summed E-state index contributed by atoms with van der Waals surface area (Å²) in [4.78, 5) is 26.9. The van der Waals surface area contributed by atoms with Crippen LogP contribution < -0.4 is 10.2 Å². The van der Waals surface area contributed by atoms with Crippen LogP contribution in [0.1, 0.15) is 209 Å². The van der Waals surface area contributed by atoms with Gasteiger partial charge in [-0.25, -0.2) is 0 Å². The van der Waals surface area contributed by atoms with Crippen LogP contribution >= 0.6 is 0 Å². The van der Waals surface area contributed by atoms with Crippen LogP contribution in [0.5, 0.6) is 0 Å². The summed E-state index contributed by atoms with van der Waals surface area (Å²) in [5.74, 6) is 0.456. The van der Waals surface area contributed by atoms with Crippen LogP contribution in [0.4, 0.5) is 0 Å². The van der Waals surface area contributed by atoms with Crippen molar-refractivity contribution in [3.63, 3.8) is 0 Å². The number of allylic oxidation sites excluding steroid dienone is 8. The van der Waals surface area contributed by atoms with E-state index in [0.29, 0.717) is 23.7 Å². The Balaban J connectivity index is -0.00000105. The van der Waals surface area contributed by atoms with Crippen LogP contribution in [0.3, 0.4) is 0 Å². The molecule has 0 fully saturated rings. The molecule has 0 aliphatic heterocycles. The topological polar surface area (TPSA) is 86.7 Å². The summed E-state index contributed by atoms with van der Waals surface area (Å²) >= 11 is 0. The molecule has 0 rings (SSSR count). The second-order valence-electron chi connectivity index (χ2n) is 16.9. The summed E-state index contributed by atoms with van der Waals surface area (Å²) in [7, 11) is 0. The van der Waals surface area contributed by atoms with E-state index in [9.17, 15) is 19.8 Å². The van der Waals surface area contributed by atoms with Crippen molar-refractivity contribution in [3.8, 4) is 0 Å². The van der Waals surface area contributed by atoms with E-state index in [0.717, 1.165) is 77.5 Å². The zero-order valence-corrected chi connectivity index (χ0v) is 42.6. The number of rotatable bonds is 40.